The molecule has 1 fully saturated rings. The van der Waals surface area contributed by atoms with Gasteiger partial charge in [-0.3, -0.25) is 0 Å². The predicted octanol–water partition coefficient (Wildman–Crippen LogP) is 1.79. The lowest BCUT2D eigenvalue weighted by molar-refractivity contribution is 0.0848. The van der Waals surface area contributed by atoms with Crippen molar-refractivity contribution in [2.75, 3.05) is 13.6 Å². The minimum atomic E-state index is -0.453. The number of nitrogens with two attached hydrogens (primary N) is 1. The molecule has 1 aliphatic rings. The average molecular weight is 262 g/mol. The predicted molar refractivity (Wildman–Crippen MR) is 79.0 cm³/mol. The molecule has 0 saturated heterocycles. The highest BCUT2D eigenvalue weighted by molar-refractivity contribution is 5.16. The maximum absolute atomic E-state index is 10.2. The van der Waals surface area contributed by atoms with Gasteiger partial charge in [0.2, 0.25) is 0 Å². The molecule has 19 heavy (non-hydrogen) atoms. The SMILES string of the molecule is CN(CC(O)C(N)Cc1ccccc1)C1CCCC1. The van der Waals surface area contributed by atoms with Gasteiger partial charge >= 0.3 is 0 Å². The topological polar surface area (TPSA) is 49.5 Å². The molecule has 2 unspecified atom stereocenters. The Bertz CT molecular complexity index is 362. The molecule has 0 amide bonds. The molecule has 1 aromatic rings. The van der Waals surface area contributed by atoms with E-state index in [4.69, 9.17) is 5.73 Å². The first-order valence-electron chi connectivity index (χ1n) is 7.34. The Hall–Kier alpha value is -0.900. The number of nitrogens with zero attached hydrogens (tertiary/aromatic N) is 1. The van der Waals surface area contributed by atoms with Gasteiger partial charge in [0, 0.05) is 18.6 Å². The highest BCUT2D eigenvalue weighted by Crippen LogP contribution is 2.22. The Kier molecular flexibility index (Phi) is 5.37. The molecule has 0 bridgehead atoms. The fraction of sp³-hybridized carbons (Fsp3) is 0.625. The van der Waals surface area contributed by atoms with Crippen molar-refractivity contribution < 1.29 is 5.11 Å². The van der Waals surface area contributed by atoms with E-state index in [1.165, 1.54) is 31.2 Å². The summed E-state index contributed by atoms with van der Waals surface area (Å²) in [5.74, 6) is 0. The maximum Gasteiger partial charge on any atom is 0.0820 e. The summed E-state index contributed by atoms with van der Waals surface area (Å²) in [7, 11) is 2.11. The second-order valence-corrected chi connectivity index (χ2v) is 5.80. The highest BCUT2D eigenvalue weighted by Gasteiger charge is 2.23. The number of benzene rings is 1. The normalized spacial score (nSPS) is 19.8. The van der Waals surface area contributed by atoms with E-state index in [2.05, 4.69) is 24.1 Å². The summed E-state index contributed by atoms with van der Waals surface area (Å²) in [6, 6.07) is 10.6. The molecule has 0 radical (unpaired) electrons. The second kappa shape index (κ2) is 7.04. The third-order valence-corrected chi connectivity index (χ3v) is 4.23. The van der Waals surface area contributed by atoms with Crippen LogP contribution in [0.5, 0.6) is 0 Å². The van der Waals surface area contributed by atoms with Crippen LogP contribution in [-0.2, 0) is 6.42 Å². The molecule has 0 aliphatic heterocycles. The van der Waals surface area contributed by atoms with Crippen molar-refractivity contribution >= 4 is 0 Å². The first-order chi connectivity index (χ1) is 9.16. The van der Waals surface area contributed by atoms with Crippen LogP contribution < -0.4 is 5.73 Å². The molecule has 2 atom stereocenters. The van der Waals surface area contributed by atoms with Crippen molar-refractivity contribution in [3.63, 3.8) is 0 Å². The molecule has 3 heteroatoms. The zero-order chi connectivity index (χ0) is 13.7. The van der Waals surface area contributed by atoms with Gasteiger partial charge in [-0.05, 0) is 31.9 Å². The molecule has 1 aliphatic carbocycles. The summed E-state index contributed by atoms with van der Waals surface area (Å²) in [6.07, 6.45) is 5.45. The molecule has 3 nitrogen and oxygen atoms in total. The van der Waals surface area contributed by atoms with Crippen LogP contribution in [0.2, 0.25) is 0 Å². The third-order valence-electron chi connectivity index (χ3n) is 4.23. The van der Waals surface area contributed by atoms with Gasteiger partial charge in [0.25, 0.3) is 0 Å². The van der Waals surface area contributed by atoms with Gasteiger partial charge in [-0.1, -0.05) is 43.2 Å². The van der Waals surface area contributed by atoms with E-state index in [1.807, 2.05) is 18.2 Å². The largest absolute Gasteiger partial charge is 0.390 e. The molecule has 0 aromatic heterocycles. The zero-order valence-electron chi connectivity index (χ0n) is 11.8. The number of rotatable bonds is 6. The summed E-state index contributed by atoms with van der Waals surface area (Å²) in [4.78, 5) is 2.28. The Morgan fingerprint density at radius 3 is 2.53 bits per heavy atom. The standard InChI is InChI=1S/C16H26N2O/c1-18(14-9-5-6-10-14)12-16(19)15(17)11-13-7-3-2-4-8-13/h2-4,7-8,14-16,19H,5-6,9-12,17H2,1H3. The van der Waals surface area contributed by atoms with Crippen molar-refractivity contribution in [3.05, 3.63) is 35.9 Å². The number of aliphatic hydroxyl groups is 1. The van der Waals surface area contributed by atoms with E-state index < -0.39 is 6.10 Å². The highest BCUT2D eigenvalue weighted by atomic mass is 16.3. The van der Waals surface area contributed by atoms with E-state index >= 15 is 0 Å². The fourth-order valence-electron chi connectivity index (χ4n) is 2.95. The molecule has 2 rings (SSSR count). The molecule has 1 aromatic carbocycles. The molecule has 0 spiro atoms. The maximum atomic E-state index is 10.2. The fourth-order valence-corrected chi connectivity index (χ4v) is 2.95. The molecular formula is C16H26N2O. The quantitative estimate of drug-likeness (QED) is 0.822. The molecular weight excluding hydrogens is 236 g/mol. The van der Waals surface area contributed by atoms with Crippen LogP contribution in [0, 0.1) is 0 Å². The Morgan fingerprint density at radius 2 is 1.89 bits per heavy atom. The van der Waals surface area contributed by atoms with E-state index in [9.17, 15) is 5.11 Å². The lowest BCUT2D eigenvalue weighted by Gasteiger charge is -2.29. The first kappa shape index (κ1) is 14.5. The minimum absolute atomic E-state index is 0.189. The summed E-state index contributed by atoms with van der Waals surface area (Å²) in [6.45, 7) is 0.679. The van der Waals surface area contributed by atoms with Crippen LogP contribution in [0.15, 0.2) is 30.3 Å². The molecule has 0 heterocycles. The molecule has 1 saturated carbocycles. The summed E-state index contributed by atoms with van der Waals surface area (Å²) in [5.41, 5.74) is 7.31. The van der Waals surface area contributed by atoms with Gasteiger partial charge in [0.15, 0.2) is 0 Å². The average Bonchev–Trinajstić information content (AvgIpc) is 2.93. The Balaban J connectivity index is 1.80. The number of likely N-dealkylation sites (N-methyl/N-ethyl adjacent to an activating group) is 1. The lowest BCUT2D eigenvalue weighted by atomic mass is 10.0. The molecule has 3 N–H and O–H groups in total. The Morgan fingerprint density at radius 1 is 1.26 bits per heavy atom. The van der Waals surface area contributed by atoms with Crippen LogP contribution in [0.25, 0.3) is 0 Å². The van der Waals surface area contributed by atoms with E-state index in [0.717, 1.165) is 6.42 Å². The number of hydrogen-bond donors (Lipinski definition) is 2. The van der Waals surface area contributed by atoms with Gasteiger partial charge in [-0.25, -0.2) is 0 Å². The summed E-state index contributed by atoms with van der Waals surface area (Å²) in [5, 5.41) is 10.2. The van der Waals surface area contributed by atoms with Crippen LogP contribution in [0.1, 0.15) is 31.2 Å². The summed E-state index contributed by atoms with van der Waals surface area (Å²) >= 11 is 0. The first-order valence-corrected chi connectivity index (χ1v) is 7.34. The van der Waals surface area contributed by atoms with Crippen LogP contribution in [0.3, 0.4) is 0 Å². The van der Waals surface area contributed by atoms with E-state index in [0.29, 0.717) is 12.6 Å². The van der Waals surface area contributed by atoms with Crippen LogP contribution >= 0.6 is 0 Å². The summed E-state index contributed by atoms with van der Waals surface area (Å²) < 4.78 is 0. The van der Waals surface area contributed by atoms with Crippen molar-refractivity contribution in [1.29, 1.82) is 0 Å². The third kappa shape index (κ3) is 4.30. The van der Waals surface area contributed by atoms with E-state index in [1.54, 1.807) is 0 Å². The van der Waals surface area contributed by atoms with Crippen molar-refractivity contribution in [2.24, 2.45) is 5.73 Å². The van der Waals surface area contributed by atoms with Crippen molar-refractivity contribution in [2.45, 2.75) is 50.3 Å². The van der Waals surface area contributed by atoms with Gasteiger partial charge in [-0.2, -0.15) is 0 Å². The monoisotopic (exact) mass is 262 g/mol. The minimum Gasteiger partial charge on any atom is -0.390 e. The zero-order valence-corrected chi connectivity index (χ0v) is 11.8. The van der Waals surface area contributed by atoms with Crippen LogP contribution in [0.4, 0.5) is 0 Å². The van der Waals surface area contributed by atoms with Gasteiger partial charge < -0.3 is 15.7 Å². The van der Waals surface area contributed by atoms with Crippen molar-refractivity contribution in [3.8, 4) is 0 Å². The van der Waals surface area contributed by atoms with Gasteiger partial charge in [0.1, 0.15) is 0 Å². The number of hydrogen-bond acceptors (Lipinski definition) is 3. The molecule has 106 valence electrons. The second-order valence-electron chi connectivity index (χ2n) is 5.80. The van der Waals surface area contributed by atoms with Crippen molar-refractivity contribution in [1.82, 2.24) is 4.90 Å². The lowest BCUT2D eigenvalue weighted by Crippen LogP contribution is -2.45. The van der Waals surface area contributed by atoms with E-state index in [-0.39, 0.29) is 6.04 Å². The van der Waals surface area contributed by atoms with Gasteiger partial charge in [-0.15, -0.1) is 0 Å². The Labute approximate surface area is 116 Å². The van der Waals surface area contributed by atoms with Crippen LogP contribution in [-0.4, -0.2) is 41.8 Å². The number of aliphatic hydroxyl groups excluding tert-OH is 1. The van der Waals surface area contributed by atoms with Gasteiger partial charge in [0.05, 0.1) is 6.10 Å². The smallest absolute Gasteiger partial charge is 0.0820 e.